The lowest BCUT2D eigenvalue weighted by atomic mass is 10.1. The standard InChI is InChI=1S/C21H27N3O5S2/c1-2-29-20(26)18-15-30-21(22-18)23-19(25)12-9-16-7-10-17(11-8-16)31(27,28)24-13-5-3-4-6-14-24/h7-8,10-11,15H,2-6,9,12-14H2,1H3,(H,22,23,25). The van der Waals surface area contributed by atoms with E-state index in [4.69, 9.17) is 4.74 Å². The number of hydrogen-bond donors (Lipinski definition) is 1. The van der Waals surface area contributed by atoms with E-state index in [1.165, 1.54) is 5.38 Å². The smallest absolute Gasteiger partial charge is 0.357 e. The third kappa shape index (κ3) is 6.34. The molecule has 2 heterocycles. The van der Waals surface area contributed by atoms with Gasteiger partial charge in [-0.05, 0) is 43.9 Å². The van der Waals surface area contributed by atoms with Gasteiger partial charge in [-0.2, -0.15) is 4.31 Å². The molecule has 0 radical (unpaired) electrons. The summed E-state index contributed by atoms with van der Waals surface area (Å²) in [6.07, 6.45) is 4.61. The number of hydrogen-bond acceptors (Lipinski definition) is 7. The molecule has 1 aliphatic rings. The van der Waals surface area contributed by atoms with Gasteiger partial charge in [-0.25, -0.2) is 18.2 Å². The zero-order chi connectivity index (χ0) is 22.3. The van der Waals surface area contributed by atoms with E-state index in [-0.39, 0.29) is 29.5 Å². The number of sulfonamides is 1. The molecule has 2 aromatic rings. The highest BCUT2D eigenvalue weighted by molar-refractivity contribution is 7.89. The fourth-order valence-corrected chi connectivity index (χ4v) is 5.54. The number of carbonyl (C=O) groups is 2. The van der Waals surface area contributed by atoms with Crippen molar-refractivity contribution in [3.05, 3.63) is 40.9 Å². The van der Waals surface area contributed by atoms with Crippen molar-refractivity contribution in [2.24, 2.45) is 0 Å². The number of aryl methyl sites for hydroxylation is 1. The summed E-state index contributed by atoms with van der Waals surface area (Å²) >= 11 is 1.16. The van der Waals surface area contributed by atoms with Gasteiger partial charge >= 0.3 is 5.97 Å². The number of benzene rings is 1. The van der Waals surface area contributed by atoms with Gasteiger partial charge in [-0.1, -0.05) is 25.0 Å². The van der Waals surface area contributed by atoms with Gasteiger partial charge in [0.2, 0.25) is 15.9 Å². The van der Waals surface area contributed by atoms with Gasteiger partial charge in [0.25, 0.3) is 0 Å². The number of esters is 1. The Balaban J connectivity index is 1.53. The molecule has 1 aromatic carbocycles. The van der Waals surface area contributed by atoms with Crippen LogP contribution in [0.15, 0.2) is 34.5 Å². The molecule has 0 unspecified atom stereocenters. The van der Waals surface area contributed by atoms with Crippen molar-refractivity contribution in [1.82, 2.24) is 9.29 Å². The van der Waals surface area contributed by atoms with Gasteiger partial charge < -0.3 is 10.1 Å². The minimum atomic E-state index is -3.47. The molecule has 0 saturated carbocycles. The maximum Gasteiger partial charge on any atom is 0.357 e. The van der Waals surface area contributed by atoms with E-state index in [9.17, 15) is 18.0 Å². The van der Waals surface area contributed by atoms with Crippen molar-refractivity contribution in [3.8, 4) is 0 Å². The first-order valence-corrected chi connectivity index (χ1v) is 12.7. The van der Waals surface area contributed by atoms with Crippen LogP contribution in [0, 0.1) is 0 Å². The van der Waals surface area contributed by atoms with Crippen LogP contribution in [-0.2, 0) is 26.0 Å². The van der Waals surface area contributed by atoms with Crippen LogP contribution in [0.5, 0.6) is 0 Å². The molecule has 10 heteroatoms. The van der Waals surface area contributed by atoms with E-state index in [1.807, 2.05) is 0 Å². The van der Waals surface area contributed by atoms with Crippen LogP contribution in [0.2, 0.25) is 0 Å². The average Bonchev–Trinajstić information content (AvgIpc) is 3.04. The summed E-state index contributed by atoms with van der Waals surface area (Å²) < 4.78 is 32.1. The normalized spacial score (nSPS) is 15.3. The summed E-state index contributed by atoms with van der Waals surface area (Å²) in [5, 5.41) is 4.55. The molecule has 0 aliphatic carbocycles. The molecular formula is C21H27N3O5S2. The predicted molar refractivity (Wildman–Crippen MR) is 119 cm³/mol. The number of amides is 1. The first-order chi connectivity index (χ1) is 14.9. The lowest BCUT2D eigenvalue weighted by molar-refractivity contribution is -0.116. The Labute approximate surface area is 186 Å². The summed E-state index contributed by atoms with van der Waals surface area (Å²) in [5.74, 6) is -0.750. The second-order valence-electron chi connectivity index (χ2n) is 7.27. The molecule has 1 amide bonds. The fourth-order valence-electron chi connectivity index (χ4n) is 3.33. The number of ether oxygens (including phenoxy) is 1. The number of anilines is 1. The van der Waals surface area contributed by atoms with Crippen LogP contribution in [0.3, 0.4) is 0 Å². The van der Waals surface area contributed by atoms with Crippen LogP contribution in [0.1, 0.15) is 55.1 Å². The van der Waals surface area contributed by atoms with E-state index < -0.39 is 16.0 Å². The van der Waals surface area contributed by atoms with Gasteiger partial charge in [0.05, 0.1) is 11.5 Å². The first kappa shape index (κ1) is 23.4. The van der Waals surface area contributed by atoms with Crippen molar-refractivity contribution >= 4 is 38.4 Å². The van der Waals surface area contributed by atoms with Gasteiger partial charge in [0.15, 0.2) is 10.8 Å². The Morgan fingerprint density at radius 3 is 2.45 bits per heavy atom. The molecule has 0 bridgehead atoms. The van der Waals surface area contributed by atoms with Gasteiger partial charge in [0, 0.05) is 24.9 Å². The largest absolute Gasteiger partial charge is 0.461 e. The number of nitrogens with zero attached hydrogens (tertiary/aromatic N) is 2. The van der Waals surface area contributed by atoms with Crippen molar-refractivity contribution in [1.29, 1.82) is 0 Å². The molecule has 1 fully saturated rings. The molecule has 168 valence electrons. The summed E-state index contributed by atoms with van der Waals surface area (Å²) in [4.78, 5) is 28.2. The highest BCUT2D eigenvalue weighted by atomic mass is 32.2. The molecule has 31 heavy (non-hydrogen) atoms. The Bertz CT molecular complexity index is 994. The number of rotatable bonds is 8. The molecule has 1 aliphatic heterocycles. The number of nitrogens with one attached hydrogen (secondary N) is 1. The lowest BCUT2D eigenvalue weighted by Crippen LogP contribution is -2.31. The molecule has 1 N–H and O–H groups in total. The van der Waals surface area contributed by atoms with Gasteiger partial charge in [-0.15, -0.1) is 11.3 Å². The minimum Gasteiger partial charge on any atom is -0.461 e. The molecular weight excluding hydrogens is 438 g/mol. The third-order valence-electron chi connectivity index (χ3n) is 5.00. The van der Waals surface area contributed by atoms with E-state index in [0.29, 0.717) is 24.6 Å². The zero-order valence-corrected chi connectivity index (χ0v) is 19.1. The molecule has 0 spiro atoms. The average molecular weight is 466 g/mol. The SMILES string of the molecule is CCOC(=O)c1csc(NC(=O)CCc2ccc(S(=O)(=O)N3CCCCCC3)cc2)n1. The van der Waals surface area contributed by atoms with E-state index in [1.54, 1.807) is 35.5 Å². The second kappa shape index (κ2) is 10.8. The van der Waals surface area contributed by atoms with Crippen molar-refractivity contribution < 1.29 is 22.7 Å². The highest BCUT2D eigenvalue weighted by Crippen LogP contribution is 2.21. The fraction of sp³-hybridized carbons (Fsp3) is 0.476. The highest BCUT2D eigenvalue weighted by Gasteiger charge is 2.25. The maximum atomic E-state index is 12.8. The quantitative estimate of drug-likeness (QED) is 0.599. The predicted octanol–water partition coefficient (Wildman–Crippen LogP) is 3.46. The van der Waals surface area contributed by atoms with Crippen molar-refractivity contribution in [2.45, 2.75) is 50.3 Å². The van der Waals surface area contributed by atoms with E-state index in [0.717, 1.165) is 42.6 Å². The molecule has 3 rings (SSSR count). The van der Waals surface area contributed by atoms with Crippen LogP contribution in [-0.4, -0.2) is 49.3 Å². The molecule has 1 aromatic heterocycles. The zero-order valence-electron chi connectivity index (χ0n) is 17.5. The van der Waals surface area contributed by atoms with Gasteiger partial charge in [-0.3, -0.25) is 4.79 Å². The summed E-state index contributed by atoms with van der Waals surface area (Å²) in [5.41, 5.74) is 1.04. The third-order valence-corrected chi connectivity index (χ3v) is 7.67. The topological polar surface area (TPSA) is 106 Å². The monoisotopic (exact) mass is 465 g/mol. The van der Waals surface area contributed by atoms with Crippen molar-refractivity contribution in [3.63, 3.8) is 0 Å². The Kier molecular flexibility index (Phi) is 8.16. The van der Waals surface area contributed by atoms with Crippen molar-refractivity contribution in [2.75, 3.05) is 25.0 Å². The van der Waals surface area contributed by atoms with Crippen LogP contribution >= 0.6 is 11.3 Å². The van der Waals surface area contributed by atoms with Crippen LogP contribution < -0.4 is 5.32 Å². The van der Waals surface area contributed by atoms with E-state index >= 15 is 0 Å². The minimum absolute atomic E-state index is 0.170. The number of thiazole rings is 1. The first-order valence-electron chi connectivity index (χ1n) is 10.4. The Morgan fingerprint density at radius 2 is 1.81 bits per heavy atom. The molecule has 1 saturated heterocycles. The Morgan fingerprint density at radius 1 is 1.13 bits per heavy atom. The molecule has 8 nitrogen and oxygen atoms in total. The second-order valence-corrected chi connectivity index (χ2v) is 10.1. The number of carbonyl (C=O) groups excluding carboxylic acids is 2. The van der Waals surface area contributed by atoms with E-state index in [2.05, 4.69) is 10.3 Å². The van der Waals surface area contributed by atoms with Gasteiger partial charge in [0.1, 0.15) is 0 Å². The summed E-state index contributed by atoms with van der Waals surface area (Å²) in [7, 11) is -3.47. The van der Waals surface area contributed by atoms with Crippen LogP contribution in [0.25, 0.3) is 0 Å². The summed E-state index contributed by atoms with van der Waals surface area (Å²) in [6, 6.07) is 6.72. The van der Waals surface area contributed by atoms with Crippen LogP contribution in [0.4, 0.5) is 5.13 Å². The Hall–Kier alpha value is -2.30. The molecule has 0 atom stereocenters. The lowest BCUT2D eigenvalue weighted by Gasteiger charge is -2.20. The summed E-state index contributed by atoms with van der Waals surface area (Å²) in [6.45, 7) is 3.11. The number of aromatic nitrogens is 1. The maximum absolute atomic E-state index is 12.8.